The number of aromatic nitrogens is 2. The minimum Gasteiger partial charge on any atom is -0.350 e. The van der Waals surface area contributed by atoms with Crippen LogP contribution in [0.2, 0.25) is 0 Å². The minimum absolute atomic E-state index is 0.0304. The van der Waals surface area contributed by atoms with Crippen molar-refractivity contribution < 1.29 is 14.0 Å². The van der Waals surface area contributed by atoms with Crippen molar-refractivity contribution in [2.45, 2.75) is 13.3 Å². The first-order valence-electron chi connectivity index (χ1n) is 8.74. The van der Waals surface area contributed by atoms with Gasteiger partial charge in [0.05, 0.1) is 12.4 Å². The maximum atomic E-state index is 13.6. The molecule has 0 saturated carbocycles. The van der Waals surface area contributed by atoms with Gasteiger partial charge in [-0.15, -0.1) is 0 Å². The van der Waals surface area contributed by atoms with E-state index in [2.05, 4.69) is 20.6 Å². The van der Waals surface area contributed by atoms with Crippen molar-refractivity contribution in [1.29, 1.82) is 0 Å². The Labute approximate surface area is 161 Å². The molecular weight excluding hydrogens is 359 g/mol. The van der Waals surface area contributed by atoms with E-state index < -0.39 is 0 Å². The SMILES string of the molecule is CC(=O)c1cccc(Nc2cnc(C(=O)NCCc3ccccc3F)cn2)c1. The summed E-state index contributed by atoms with van der Waals surface area (Å²) in [5.41, 5.74) is 1.99. The predicted octanol–water partition coefficient (Wildman–Crippen LogP) is 3.53. The number of hydrogen-bond acceptors (Lipinski definition) is 5. The molecule has 0 fully saturated rings. The Kier molecular flexibility index (Phi) is 6.06. The fraction of sp³-hybridized carbons (Fsp3) is 0.143. The summed E-state index contributed by atoms with van der Waals surface area (Å²) in [6.07, 6.45) is 3.18. The fourth-order valence-corrected chi connectivity index (χ4v) is 2.58. The highest BCUT2D eigenvalue weighted by Gasteiger charge is 2.09. The summed E-state index contributed by atoms with van der Waals surface area (Å²) in [6, 6.07) is 13.5. The Morgan fingerprint density at radius 3 is 2.57 bits per heavy atom. The van der Waals surface area contributed by atoms with E-state index in [4.69, 9.17) is 0 Å². The van der Waals surface area contributed by atoms with Gasteiger partial charge in [0.15, 0.2) is 5.78 Å². The van der Waals surface area contributed by atoms with Gasteiger partial charge in [0, 0.05) is 17.8 Å². The molecule has 28 heavy (non-hydrogen) atoms. The van der Waals surface area contributed by atoms with Gasteiger partial charge in [-0.05, 0) is 37.1 Å². The van der Waals surface area contributed by atoms with Gasteiger partial charge in [0.1, 0.15) is 17.3 Å². The van der Waals surface area contributed by atoms with Gasteiger partial charge in [0.2, 0.25) is 0 Å². The zero-order valence-corrected chi connectivity index (χ0v) is 15.3. The Hall–Kier alpha value is -3.61. The predicted molar refractivity (Wildman–Crippen MR) is 104 cm³/mol. The number of ketones is 1. The minimum atomic E-state index is -0.381. The van der Waals surface area contributed by atoms with Crippen LogP contribution in [0.4, 0.5) is 15.9 Å². The van der Waals surface area contributed by atoms with Crippen LogP contribution in [-0.2, 0) is 6.42 Å². The standard InChI is InChI=1S/C21H19FN4O2/c1-14(27)16-6-4-7-17(11-16)26-20-13-24-19(12-25-20)21(28)23-10-9-15-5-2-3-8-18(15)22/h2-8,11-13H,9-10H2,1H3,(H,23,28)(H,25,26). The topological polar surface area (TPSA) is 84.0 Å². The number of anilines is 2. The lowest BCUT2D eigenvalue weighted by molar-refractivity contribution is 0.0947. The third-order valence-corrected chi connectivity index (χ3v) is 4.06. The van der Waals surface area contributed by atoms with Crippen LogP contribution >= 0.6 is 0 Å². The molecule has 3 rings (SSSR count). The van der Waals surface area contributed by atoms with E-state index in [1.165, 1.54) is 25.4 Å². The van der Waals surface area contributed by atoms with Gasteiger partial charge >= 0.3 is 0 Å². The number of carbonyl (C=O) groups excluding carboxylic acids is 2. The van der Waals surface area contributed by atoms with E-state index in [0.717, 1.165) is 0 Å². The molecule has 1 amide bonds. The highest BCUT2D eigenvalue weighted by Crippen LogP contribution is 2.16. The number of amides is 1. The molecule has 7 heteroatoms. The van der Waals surface area contributed by atoms with Gasteiger partial charge < -0.3 is 10.6 Å². The maximum Gasteiger partial charge on any atom is 0.271 e. The number of hydrogen-bond donors (Lipinski definition) is 2. The van der Waals surface area contributed by atoms with Gasteiger partial charge in [-0.3, -0.25) is 9.59 Å². The Morgan fingerprint density at radius 2 is 1.86 bits per heavy atom. The van der Waals surface area contributed by atoms with E-state index in [-0.39, 0.29) is 23.2 Å². The van der Waals surface area contributed by atoms with Crippen LogP contribution in [0.15, 0.2) is 60.9 Å². The number of nitrogens with one attached hydrogen (secondary N) is 2. The number of benzene rings is 2. The van der Waals surface area contributed by atoms with Crippen molar-refractivity contribution in [2.24, 2.45) is 0 Å². The second-order valence-electron chi connectivity index (χ2n) is 6.15. The molecule has 2 aromatic carbocycles. The van der Waals surface area contributed by atoms with Crippen molar-refractivity contribution in [3.8, 4) is 0 Å². The summed E-state index contributed by atoms with van der Waals surface area (Å²) < 4.78 is 13.6. The number of carbonyl (C=O) groups is 2. The van der Waals surface area contributed by atoms with Crippen LogP contribution < -0.4 is 10.6 Å². The number of Topliss-reactive ketones (excluding diaryl/α,β-unsaturated/α-hetero) is 1. The molecule has 0 unspecified atom stereocenters. The molecule has 6 nitrogen and oxygen atoms in total. The van der Waals surface area contributed by atoms with Gasteiger partial charge in [-0.2, -0.15) is 0 Å². The average Bonchev–Trinajstić information content (AvgIpc) is 2.70. The van der Waals surface area contributed by atoms with Crippen LogP contribution in [0.3, 0.4) is 0 Å². The molecule has 0 aliphatic heterocycles. The summed E-state index contributed by atoms with van der Waals surface area (Å²) >= 11 is 0. The zero-order chi connectivity index (χ0) is 19.9. The molecule has 3 aromatic rings. The van der Waals surface area contributed by atoms with Crippen molar-refractivity contribution in [3.05, 3.63) is 83.6 Å². The number of rotatable bonds is 7. The average molecular weight is 378 g/mol. The Morgan fingerprint density at radius 1 is 1.04 bits per heavy atom. The monoisotopic (exact) mass is 378 g/mol. The second kappa shape index (κ2) is 8.85. The molecule has 2 N–H and O–H groups in total. The molecular formula is C21H19FN4O2. The normalized spacial score (nSPS) is 10.4. The summed E-state index contributed by atoms with van der Waals surface area (Å²) in [6.45, 7) is 1.79. The van der Waals surface area contributed by atoms with Crippen LogP contribution in [0.1, 0.15) is 33.3 Å². The summed E-state index contributed by atoms with van der Waals surface area (Å²) in [4.78, 5) is 31.9. The van der Waals surface area contributed by atoms with Gasteiger partial charge in [0.25, 0.3) is 5.91 Å². The van der Waals surface area contributed by atoms with E-state index in [1.54, 1.807) is 42.5 Å². The molecule has 1 aromatic heterocycles. The van der Waals surface area contributed by atoms with E-state index >= 15 is 0 Å². The second-order valence-corrected chi connectivity index (χ2v) is 6.15. The van der Waals surface area contributed by atoms with Crippen molar-refractivity contribution in [3.63, 3.8) is 0 Å². The van der Waals surface area contributed by atoms with Crippen molar-refractivity contribution in [1.82, 2.24) is 15.3 Å². The lowest BCUT2D eigenvalue weighted by Gasteiger charge is -2.08. The number of halogens is 1. The molecule has 0 bridgehead atoms. The maximum absolute atomic E-state index is 13.6. The van der Waals surface area contributed by atoms with Crippen LogP contribution in [0.25, 0.3) is 0 Å². The van der Waals surface area contributed by atoms with E-state index in [1.807, 2.05) is 0 Å². The Balaban J connectivity index is 1.56. The molecule has 1 heterocycles. The van der Waals surface area contributed by atoms with Gasteiger partial charge in [-0.1, -0.05) is 30.3 Å². The van der Waals surface area contributed by atoms with Crippen molar-refractivity contribution in [2.75, 3.05) is 11.9 Å². The first-order chi connectivity index (χ1) is 13.5. The lowest BCUT2D eigenvalue weighted by atomic mass is 10.1. The molecule has 0 radical (unpaired) electrons. The molecule has 142 valence electrons. The Bertz CT molecular complexity index is 990. The quantitative estimate of drug-likeness (QED) is 0.615. The van der Waals surface area contributed by atoms with E-state index in [0.29, 0.717) is 35.6 Å². The van der Waals surface area contributed by atoms with Crippen molar-refractivity contribution >= 4 is 23.2 Å². The molecule has 0 saturated heterocycles. The van der Waals surface area contributed by atoms with Gasteiger partial charge in [-0.25, -0.2) is 14.4 Å². The zero-order valence-electron chi connectivity index (χ0n) is 15.3. The first-order valence-corrected chi connectivity index (χ1v) is 8.74. The third kappa shape index (κ3) is 4.97. The molecule has 0 aliphatic rings. The summed E-state index contributed by atoms with van der Waals surface area (Å²) in [7, 11) is 0. The summed E-state index contributed by atoms with van der Waals surface area (Å²) in [5, 5.41) is 5.73. The molecule has 0 aliphatic carbocycles. The van der Waals surface area contributed by atoms with Crippen LogP contribution in [0.5, 0.6) is 0 Å². The summed E-state index contributed by atoms with van der Waals surface area (Å²) in [5.74, 6) is -0.254. The first kappa shape index (κ1) is 19.2. The number of nitrogens with zero attached hydrogens (tertiary/aromatic N) is 2. The van der Waals surface area contributed by atoms with Crippen LogP contribution in [-0.4, -0.2) is 28.2 Å². The highest BCUT2D eigenvalue weighted by molar-refractivity contribution is 5.95. The molecule has 0 atom stereocenters. The highest BCUT2D eigenvalue weighted by atomic mass is 19.1. The molecule has 0 spiro atoms. The smallest absolute Gasteiger partial charge is 0.271 e. The largest absolute Gasteiger partial charge is 0.350 e. The van der Waals surface area contributed by atoms with E-state index in [9.17, 15) is 14.0 Å². The van der Waals surface area contributed by atoms with Crippen LogP contribution in [0, 0.1) is 5.82 Å². The third-order valence-electron chi connectivity index (χ3n) is 4.06. The lowest BCUT2D eigenvalue weighted by Crippen LogP contribution is -2.26. The fourth-order valence-electron chi connectivity index (χ4n) is 2.58.